The number of hydrogen-bond acceptors (Lipinski definition) is 5. The third-order valence-corrected chi connectivity index (χ3v) is 7.57. The number of para-hydroxylation sites is 2. The molecule has 2 N–H and O–H groups in total. The number of nitrogens with one attached hydrogen (secondary N) is 2. The Balaban J connectivity index is 1.45. The molecule has 0 aliphatic carbocycles. The van der Waals surface area contributed by atoms with E-state index in [1.165, 1.54) is 0 Å². The zero-order chi connectivity index (χ0) is 26.4. The van der Waals surface area contributed by atoms with Crippen molar-refractivity contribution in [3.8, 4) is 0 Å². The van der Waals surface area contributed by atoms with Gasteiger partial charge in [0.05, 0.1) is 17.6 Å². The van der Waals surface area contributed by atoms with Crippen molar-refractivity contribution in [2.45, 2.75) is 31.7 Å². The number of piperidine rings is 1. The second-order valence-electron chi connectivity index (χ2n) is 9.58. The van der Waals surface area contributed by atoms with Crippen LogP contribution in [-0.2, 0) is 21.2 Å². The molecular formula is C26H34ClN5O4S. The number of piperazine rings is 1. The van der Waals surface area contributed by atoms with Gasteiger partial charge in [-0.3, -0.25) is 9.52 Å². The number of urea groups is 1. The van der Waals surface area contributed by atoms with E-state index in [2.05, 4.69) is 14.9 Å². The summed E-state index contributed by atoms with van der Waals surface area (Å²) in [5, 5.41) is 3.61. The topological polar surface area (TPSA) is 102 Å². The van der Waals surface area contributed by atoms with E-state index >= 15 is 0 Å². The largest absolute Gasteiger partial charge is 0.366 e. The number of amides is 3. The lowest BCUT2D eigenvalue weighted by Crippen LogP contribution is -2.57. The van der Waals surface area contributed by atoms with Crippen molar-refractivity contribution in [1.82, 2.24) is 15.1 Å². The normalized spacial score (nSPS) is 17.3. The van der Waals surface area contributed by atoms with Crippen molar-refractivity contribution in [3.05, 3.63) is 59.1 Å². The van der Waals surface area contributed by atoms with Crippen LogP contribution in [0.25, 0.3) is 0 Å². The van der Waals surface area contributed by atoms with Crippen LogP contribution in [0.4, 0.5) is 16.2 Å². The lowest BCUT2D eigenvalue weighted by atomic mass is 10.0. The second-order valence-corrected chi connectivity index (χ2v) is 11.8. The minimum Gasteiger partial charge on any atom is -0.366 e. The first-order valence-corrected chi connectivity index (χ1v) is 14.9. The summed E-state index contributed by atoms with van der Waals surface area (Å²) in [6, 6.07) is 13.7. The van der Waals surface area contributed by atoms with Crippen LogP contribution in [-0.4, -0.2) is 81.7 Å². The van der Waals surface area contributed by atoms with E-state index in [-0.39, 0.29) is 11.9 Å². The molecule has 2 aromatic rings. The molecule has 0 aromatic heterocycles. The van der Waals surface area contributed by atoms with E-state index in [9.17, 15) is 18.0 Å². The molecule has 37 heavy (non-hydrogen) atoms. The van der Waals surface area contributed by atoms with Crippen LogP contribution in [0.15, 0.2) is 48.5 Å². The average Bonchev–Trinajstić information content (AvgIpc) is 2.89. The molecule has 0 bridgehead atoms. The van der Waals surface area contributed by atoms with Crippen molar-refractivity contribution in [2.75, 3.05) is 55.1 Å². The smallest absolute Gasteiger partial charge is 0.318 e. The minimum atomic E-state index is -3.42. The zero-order valence-electron chi connectivity index (χ0n) is 21.0. The summed E-state index contributed by atoms with van der Waals surface area (Å²) in [6.07, 6.45) is 4.56. The number of sulfonamides is 1. The molecule has 2 fully saturated rings. The van der Waals surface area contributed by atoms with Gasteiger partial charge in [-0.25, -0.2) is 13.2 Å². The molecule has 200 valence electrons. The van der Waals surface area contributed by atoms with E-state index < -0.39 is 16.1 Å². The molecule has 11 heteroatoms. The molecule has 9 nitrogen and oxygen atoms in total. The zero-order valence-corrected chi connectivity index (χ0v) is 22.6. The lowest BCUT2D eigenvalue weighted by molar-refractivity contribution is -0.133. The molecule has 0 saturated carbocycles. The number of carbonyl (C=O) groups is 2. The Kier molecular flexibility index (Phi) is 8.81. The highest BCUT2D eigenvalue weighted by Crippen LogP contribution is 2.27. The van der Waals surface area contributed by atoms with Crippen LogP contribution >= 0.6 is 11.6 Å². The standard InChI is InChI=1S/C26H34ClN5O4S/c1-37(35,36)29-22-7-3-4-8-24(22)30-15-17-31(18-16-30)25(33)23(19-20-9-11-21(27)12-10-20)28-26(34)32-13-5-2-6-14-32/h3-4,7-12,23,29H,2,5-6,13-19H2,1H3,(H,28,34). The number of rotatable bonds is 7. The van der Waals surface area contributed by atoms with E-state index in [0.29, 0.717) is 56.4 Å². The first kappa shape index (κ1) is 27.1. The SMILES string of the molecule is CS(=O)(=O)Nc1ccccc1N1CCN(C(=O)C(Cc2ccc(Cl)cc2)NC(=O)N2CCCCC2)CC1. The van der Waals surface area contributed by atoms with E-state index in [0.717, 1.165) is 36.8 Å². The maximum Gasteiger partial charge on any atom is 0.318 e. The average molecular weight is 548 g/mol. The lowest BCUT2D eigenvalue weighted by Gasteiger charge is -2.38. The first-order valence-electron chi connectivity index (χ1n) is 12.6. The second kappa shape index (κ2) is 12.0. The van der Waals surface area contributed by atoms with Crippen molar-refractivity contribution < 1.29 is 18.0 Å². The molecule has 2 heterocycles. The number of anilines is 2. The molecule has 1 atom stereocenters. The third kappa shape index (κ3) is 7.52. The summed E-state index contributed by atoms with van der Waals surface area (Å²) in [5.41, 5.74) is 2.21. The van der Waals surface area contributed by atoms with E-state index in [1.807, 2.05) is 24.3 Å². The fourth-order valence-corrected chi connectivity index (χ4v) is 5.52. The fourth-order valence-electron chi connectivity index (χ4n) is 4.82. The van der Waals surface area contributed by atoms with Crippen molar-refractivity contribution >= 4 is 44.9 Å². The Labute approximate surface area is 223 Å². The molecule has 2 saturated heterocycles. The number of carbonyl (C=O) groups excluding carboxylic acids is 2. The van der Waals surface area contributed by atoms with Crippen molar-refractivity contribution in [2.24, 2.45) is 0 Å². The number of nitrogens with zero attached hydrogens (tertiary/aromatic N) is 3. The van der Waals surface area contributed by atoms with Gasteiger partial charge >= 0.3 is 6.03 Å². The highest BCUT2D eigenvalue weighted by atomic mass is 35.5. The Bertz CT molecular complexity index is 1190. The highest BCUT2D eigenvalue weighted by molar-refractivity contribution is 7.92. The van der Waals surface area contributed by atoms with Crippen LogP contribution in [0.3, 0.4) is 0 Å². The molecule has 2 aliphatic heterocycles. The Morgan fingerprint density at radius 1 is 0.892 bits per heavy atom. The minimum absolute atomic E-state index is 0.123. The molecule has 1 unspecified atom stereocenters. The molecule has 0 radical (unpaired) electrons. The summed E-state index contributed by atoms with van der Waals surface area (Å²) in [6.45, 7) is 3.41. The van der Waals surface area contributed by atoms with Gasteiger partial charge in [-0.1, -0.05) is 35.9 Å². The Morgan fingerprint density at radius 3 is 2.19 bits per heavy atom. The van der Waals surface area contributed by atoms with Gasteiger partial charge in [0, 0.05) is 50.7 Å². The molecule has 0 spiro atoms. The molecule has 2 aliphatic rings. The fraction of sp³-hybridized carbons (Fsp3) is 0.462. The van der Waals surface area contributed by atoms with Crippen LogP contribution in [0.5, 0.6) is 0 Å². The van der Waals surface area contributed by atoms with Gasteiger partial charge in [0.2, 0.25) is 15.9 Å². The van der Waals surface area contributed by atoms with Gasteiger partial charge in [-0.15, -0.1) is 0 Å². The Hall–Kier alpha value is -2.98. The molecule has 3 amide bonds. The van der Waals surface area contributed by atoms with Crippen molar-refractivity contribution in [3.63, 3.8) is 0 Å². The van der Waals surface area contributed by atoms with Crippen LogP contribution < -0.4 is 14.9 Å². The summed E-state index contributed by atoms with van der Waals surface area (Å²) >= 11 is 6.03. The van der Waals surface area contributed by atoms with Crippen molar-refractivity contribution in [1.29, 1.82) is 0 Å². The monoisotopic (exact) mass is 547 g/mol. The number of benzene rings is 2. The number of hydrogen-bond donors (Lipinski definition) is 2. The maximum absolute atomic E-state index is 13.6. The van der Waals surface area contributed by atoms with Crippen LogP contribution in [0, 0.1) is 0 Å². The van der Waals surface area contributed by atoms with E-state index in [1.54, 1.807) is 34.1 Å². The molecule has 2 aromatic carbocycles. The van der Waals surface area contributed by atoms with Crippen LogP contribution in [0.1, 0.15) is 24.8 Å². The summed E-state index contributed by atoms with van der Waals surface area (Å²) in [7, 11) is -3.42. The number of likely N-dealkylation sites (tertiary alicyclic amines) is 1. The van der Waals surface area contributed by atoms with Gasteiger partial charge in [-0.05, 0) is 49.1 Å². The van der Waals surface area contributed by atoms with Crippen LogP contribution in [0.2, 0.25) is 5.02 Å². The highest BCUT2D eigenvalue weighted by Gasteiger charge is 2.31. The predicted octanol–water partition coefficient (Wildman–Crippen LogP) is 3.17. The van der Waals surface area contributed by atoms with E-state index in [4.69, 9.17) is 11.6 Å². The van der Waals surface area contributed by atoms with Gasteiger partial charge in [-0.2, -0.15) is 0 Å². The van der Waals surface area contributed by atoms with Gasteiger partial charge in [0.1, 0.15) is 6.04 Å². The predicted molar refractivity (Wildman–Crippen MR) is 147 cm³/mol. The molecular weight excluding hydrogens is 514 g/mol. The maximum atomic E-state index is 13.6. The number of halogens is 1. The van der Waals surface area contributed by atoms with Gasteiger partial charge in [0.15, 0.2) is 0 Å². The third-order valence-electron chi connectivity index (χ3n) is 6.72. The van der Waals surface area contributed by atoms with Gasteiger partial charge < -0.3 is 20.0 Å². The summed E-state index contributed by atoms with van der Waals surface area (Å²) in [4.78, 5) is 32.3. The quantitative estimate of drug-likeness (QED) is 0.554. The summed E-state index contributed by atoms with van der Waals surface area (Å²) in [5.74, 6) is -0.123. The van der Waals surface area contributed by atoms with Gasteiger partial charge in [0.25, 0.3) is 0 Å². The Morgan fingerprint density at radius 2 is 1.54 bits per heavy atom. The summed E-state index contributed by atoms with van der Waals surface area (Å²) < 4.78 is 26.2. The first-order chi connectivity index (χ1) is 17.7. The molecule has 4 rings (SSSR count).